The smallest absolute Gasteiger partial charge is 0.326 e. The van der Waals surface area contributed by atoms with Crippen molar-refractivity contribution in [3.8, 4) is 0 Å². The largest absolute Gasteiger partial charge is 0.481 e. The molecule has 8 N–H and O–H groups in total. The molecule has 2 aromatic rings. The number of carboxylic acids is 2. The Kier molecular flexibility index (Phi) is 11.5. The van der Waals surface area contributed by atoms with Crippen LogP contribution in [0.2, 0.25) is 0 Å². The van der Waals surface area contributed by atoms with E-state index < -0.39 is 60.2 Å². The fourth-order valence-electron chi connectivity index (χ4n) is 4.20. The molecular weight excluding hydrogens is 506 g/mol. The monoisotopic (exact) mass is 545 g/mol. The maximum absolute atomic E-state index is 13.2. The third-order valence-electron chi connectivity index (χ3n) is 6.58. The van der Waals surface area contributed by atoms with E-state index in [2.05, 4.69) is 20.9 Å². The Hall–Kier alpha value is -3.93. The van der Waals surface area contributed by atoms with Gasteiger partial charge in [0, 0.05) is 17.1 Å². The van der Waals surface area contributed by atoms with Gasteiger partial charge in [0.05, 0.1) is 12.5 Å². The molecule has 214 valence electrons. The number of para-hydroxylation sites is 1. The maximum Gasteiger partial charge on any atom is 0.326 e. The minimum Gasteiger partial charge on any atom is -0.481 e. The first-order chi connectivity index (χ1) is 18.3. The number of H-pyrrole nitrogens is 1. The summed E-state index contributed by atoms with van der Waals surface area (Å²) in [6.45, 7) is 7.10. The van der Waals surface area contributed by atoms with Gasteiger partial charge in [-0.25, -0.2) is 4.79 Å². The second kappa shape index (κ2) is 14.3. The normalized spacial score (nSPS) is 15.1. The lowest BCUT2D eigenvalue weighted by atomic mass is 9.96. The summed E-state index contributed by atoms with van der Waals surface area (Å²) in [4.78, 5) is 65.2. The van der Waals surface area contributed by atoms with E-state index in [9.17, 15) is 34.2 Å². The summed E-state index contributed by atoms with van der Waals surface area (Å²) in [5.41, 5.74) is 7.91. The number of fused-ring (bicyclic) bond motifs is 1. The van der Waals surface area contributed by atoms with Crippen LogP contribution in [0.5, 0.6) is 0 Å². The Balaban J connectivity index is 2.15. The fourth-order valence-corrected chi connectivity index (χ4v) is 4.20. The van der Waals surface area contributed by atoms with E-state index in [0.29, 0.717) is 6.42 Å². The third kappa shape index (κ3) is 9.10. The number of amides is 3. The highest BCUT2D eigenvalue weighted by Crippen LogP contribution is 2.19. The standard InChI is InChI=1S/C27H39N5O7/c1-5-15(4)23(32-24(35)18(28)11-16-13-29-19-9-7-6-8-17(16)19)26(37)30-20(12-22(33)34)25(36)31-21(27(38)39)10-14(2)3/h6-9,13-15,18,20-21,23,29H,5,10-12,28H2,1-4H3,(H,30,37)(H,31,36)(H,32,35)(H,33,34)(H,38,39). The molecule has 1 heterocycles. The van der Waals surface area contributed by atoms with E-state index in [4.69, 9.17) is 5.73 Å². The fraction of sp³-hybridized carbons (Fsp3) is 0.519. The van der Waals surface area contributed by atoms with Crippen LogP contribution in [-0.2, 0) is 30.4 Å². The van der Waals surface area contributed by atoms with Crippen LogP contribution >= 0.6 is 0 Å². The summed E-state index contributed by atoms with van der Waals surface area (Å²) >= 11 is 0. The highest BCUT2D eigenvalue weighted by atomic mass is 16.4. The lowest BCUT2D eigenvalue weighted by Gasteiger charge is -2.27. The molecule has 3 amide bonds. The average Bonchev–Trinajstić information content (AvgIpc) is 3.27. The van der Waals surface area contributed by atoms with Crippen LogP contribution in [0.3, 0.4) is 0 Å². The van der Waals surface area contributed by atoms with Crippen LogP contribution in [-0.4, -0.2) is 69.0 Å². The zero-order chi connectivity index (χ0) is 29.3. The topological polar surface area (TPSA) is 204 Å². The van der Waals surface area contributed by atoms with Crippen molar-refractivity contribution in [3.63, 3.8) is 0 Å². The summed E-state index contributed by atoms with van der Waals surface area (Å²) in [6.07, 6.45) is 1.82. The minimum absolute atomic E-state index is 0.0580. The lowest BCUT2D eigenvalue weighted by Crippen LogP contribution is -2.59. The van der Waals surface area contributed by atoms with Crippen LogP contribution in [0.1, 0.15) is 52.5 Å². The average molecular weight is 546 g/mol. The summed E-state index contributed by atoms with van der Waals surface area (Å²) in [6, 6.07) is 2.68. The number of hydrogen-bond acceptors (Lipinski definition) is 6. The first kappa shape index (κ1) is 31.3. The van der Waals surface area contributed by atoms with Crippen molar-refractivity contribution in [2.24, 2.45) is 17.6 Å². The second-order valence-electron chi connectivity index (χ2n) is 10.2. The number of nitrogens with two attached hydrogens (primary N) is 1. The van der Waals surface area contributed by atoms with E-state index in [-0.39, 0.29) is 24.7 Å². The summed E-state index contributed by atoms with van der Waals surface area (Å²) in [7, 11) is 0. The number of hydrogen-bond donors (Lipinski definition) is 7. The first-order valence-electron chi connectivity index (χ1n) is 13.0. The van der Waals surface area contributed by atoms with Crippen LogP contribution in [0, 0.1) is 11.8 Å². The van der Waals surface area contributed by atoms with E-state index in [1.54, 1.807) is 27.0 Å². The van der Waals surface area contributed by atoms with Gasteiger partial charge in [0.15, 0.2) is 0 Å². The van der Waals surface area contributed by atoms with E-state index in [1.807, 2.05) is 31.2 Å². The highest BCUT2D eigenvalue weighted by molar-refractivity contribution is 5.96. The number of carbonyl (C=O) groups is 5. The van der Waals surface area contributed by atoms with Crippen molar-refractivity contribution >= 4 is 40.6 Å². The van der Waals surface area contributed by atoms with Crippen LogP contribution in [0.4, 0.5) is 0 Å². The molecule has 5 unspecified atom stereocenters. The number of nitrogens with one attached hydrogen (secondary N) is 4. The Bertz CT molecular complexity index is 1180. The molecule has 0 radical (unpaired) electrons. The minimum atomic E-state index is -1.55. The molecule has 39 heavy (non-hydrogen) atoms. The van der Waals surface area contributed by atoms with Gasteiger partial charge in [0.25, 0.3) is 0 Å². The van der Waals surface area contributed by atoms with Gasteiger partial charge >= 0.3 is 11.9 Å². The van der Waals surface area contributed by atoms with Gasteiger partial charge < -0.3 is 36.9 Å². The molecule has 0 spiro atoms. The molecule has 0 saturated heterocycles. The van der Waals surface area contributed by atoms with Gasteiger partial charge in [0.1, 0.15) is 18.1 Å². The number of aliphatic carboxylic acids is 2. The predicted molar refractivity (Wildman–Crippen MR) is 145 cm³/mol. The number of carboxylic acid groups (broad SMARTS) is 2. The lowest BCUT2D eigenvalue weighted by molar-refractivity contribution is -0.144. The van der Waals surface area contributed by atoms with Crippen LogP contribution in [0.15, 0.2) is 30.5 Å². The van der Waals surface area contributed by atoms with Crippen molar-refractivity contribution < 1.29 is 34.2 Å². The first-order valence-corrected chi connectivity index (χ1v) is 13.0. The molecule has 1 aromatic heterocycles. The molecule has 5 atom stereocenters. The Morgan fingerprint density at radius 1 is 0.923 bits per heavy atom. The third-order valence-corrected chi connectivity index (χ3v) is 6.58. The predicted octanol–water partition coefficient (Wildman–Crippen LogP) is 1.14. The molecule has 12 nitrogen and oxygen atoms in total. The van der Waals surface area contributed by atoms with Gasteiger partial charge in [0.2, 0.25) is 17.7 Å². The number of carbonyl (C=O) groups excluding carboxylic acids is 3. The number of aromatic nitrogens is 1. The molecule has 12 heteroatoms. The highest BCUT2D eigenvalue weighted by Gasteiger charge is 2.33. The van der Waals surface area contributed by atoms with Crippen molar-refractivity contribution in [2.45, 2.75) is 77.5 Å². The molecule has 0 bridgehead atoms. The van der Waals surface area contributed by atoms with Crippen molar-refractivity contribution in [3.05, 3.63) is 36.0 Å². The quantitative estimate of drug-likeness (QED) is 0.172. The molecule has 0 aliphatic rings. The van der Waals surface area contributed by atoms with E-state index in [1.165, 1.54) is 0 Å². The van der Waals surface area contributed by atoms with Crippen LogP contribution < -0.4 is 21.7 Å². The molecule has 2 rings (SSSR count). The molecule has 0 aliphatic heterocycles. The van der Waals surface area contributed by atoms with Gasteiger partial charge in [-0.15, -0.1) is 0 Å². The molecule has 1 aromatic carbocycles. The van der Waals surface area contributed by atoms with Gasteiger partial charge in [-0.1, -0.05) is 52.3 Å². The van der Waals surface area contributed by atoms with E-state index in [0.717, 1.165) is 16.5 Å². The summed E-state index contributed by atoms with van der Waals surface area (Å²) < 4.78 is 0. The van der Waals surface area contributed by atoms with Gasteiger partial charge in [-0.3, -0.25) is 19.2 Å². The summed E-state index contributed by atoms with van der Waals surface area (Å²) in [5, 5.41) is 27.0. The Morgan fingerprint density at radius 3 is 2.15 bits per heavy atom. The van der Waals surface area contributed by atoms with Gasteiger partial charge in [-0.2, -0.15) is 0 Å². The molecule has 0 saturated carbocycles. The zero-order valence-corrected chi connectivity index (χ0v) is 22.7. The number of rotatable bonds is 15. The molecular formula is C27H39N5O7. The second-order valence-corrected chi connectivity index (χ2v) is 10.2. The number of aromatic amines is 1. The molecule has 0 aliphatic carbocycles. The van der Waals surface area contributed by atoms with Crippen molar-refractivity contribution in [1.82, 2.24) is 20.9 Å². The maximum atomic E-state index is 13.2. The van der Waals surface area contributed by atoms with Crippen molar-refractivity contribution in [1.29, 1.82) is 0 Å². The molecule has 0 fully saturated rings. The van der Waals surface area contributed by atoms with Crippen LogP contribution in [0.25, 0.3) is 10.9 Å². The number of benzene rings is 1. The zero-order valence-electron chi connectivity index (χ0n) is 22.7. The van der Waals surface area contributed by atoms with Crippen molar-refractivity contribution in [2.75, 3.05) is 0 Å². The SMILES string of the molecule is CCC(C)C(NC(=O)C(N)Cc1c[nH]c2ccccc12)C(=O)NC(CC(=O)O)C(=O)NC(CC(C)C)C(=O)O. The Morgan fingerprint density at radius 2 is 1.56 bits per heavy atom. The summed E-state index contributed by atoms with van der Waals surface area (Å²) in [5.74, 6) is -5.36. The van der Waals surface area contributed by atoms with Gasteiger partial charge in [-0.05, 0) is 36.3 Å². The van der Waals surface area contributed by atoms with E-state index >= 15 is 0 Å². The Labute approximate surface area is 227 Å².